The first kappa shape index (κ1) is 5.75. The quantitative estimate of drug-likeness (QED) is 0.580. The lowest BCUT2D eigenvalue weighted by molar-refractivity contribution is 0.453. The molecule has 0 atom stereocenters. The van der Waals surface area contributed by atoms with Gasteiger partial charge in [-0.1, -0.05) is 0 Å². The van der Waals surface area contributed by atoms with Gasteiger partial charge in [-0.2, -0.15) is 0 Å². The van der Waals surface area contributed by atoms with Gasteiger partial charge in [0.15, 0.2) is 0 Å². The Morgan fingerprint density at radius 1 is 1.56 bits per heavy atom. The highest BCUT2D eigenvalue weighted by Crippen LogP contribution is 2.01. The van der Waals surface area contributed by atoms with Crippen LogP contribution in [-0.4, -0.2) is 16.4 Å². The maximum absolute atomic E-state index is 9.87. The van der Waals surface area contributed by atoms with Crippen molar-refractivity contribution in [2.45, 2.75) is 0 Å². The van der Waals surface area contributed by atoms with E-state index in [0.29, 0.717) is 5.56 Å². The predicted molar refractivity (Wildman–Crippen MR) is 30.7 cm³/mol. The molecule has 0 saturated heterocycles. The number of aromatic nitrogens is 1. The molecule has 1 heterocycles. The summed E-state index contributed by atoms with van der Waals surface area (Å²) in [4.78, 5) is 13.3. The van der Waals surface area contributed by atoms with Crippen LogP contribution in [0.25, 0.3) is 0 Å². The van der Waals surface area contributed by atoms with E-state index >= 15 is 0 Å². The number of pyridine rings is 1. The summed E-state index contributed by atoms with van der Waals surface area (Å²) in [5.41, 5.74) is 0.341. The van der Waals surface area contributed by atoms with Crippen LogP contribution in [0.15, 0.2) is 18.3 Å². The van der Waals surface area contributed by atoms with Gasteiger partial charge in [-0.3, -0.25) is 4.79 Å². The number of nitrogens with zero attached hydrogens (tertiary/aromatic N) is 1. The smallest absolute Gasteiger partial charge is 0.235 e. The van der Waals surface area contributed by atoms with Gasteiger partial charge < -0.3 is 5.11 Å². The molecule has 0 fully saturated rings. The molecular formula is C6H4NO2. The number of aromatic hydroxyl groups is 1. The van der Waals surface area contributed by atoms with Crippen molar-refractivity contribution in [1.29, 1.82) is 0 Å². The van der Waals surface area contributed by atoms with Crippen LogP contribution in [0.3, 0.4) is 0 Å². The van der Waals surface area contributed by atoms with Crippen molar-refractivity contribution in [3.63, 3.8) is 0 Å². The Labute approximate surface area is 52.0 Å². The molecule has 9 heavy (non-hydrogen) atoms. The third-order valence-electron chi connectivity index (χ3n) is 0.866. The SMILES string of the molecule is O=[C]c1ccc(O)nc1. The van der Waals surface area contributed by atoms with E-state index in [0.717, 1.165) is 0 Å². The van der Waals surface area contributed by atoms with E-state index in [9.17, 15) is 4.79 Å². The normalized spacial score (nSPS) is 8.89. The highest BCUT2D eigenvalue weighted by atomic mass is 16.3. The molecule has 0 saturated carbocycles. The third-order valence-corrected chi connectivity index (χ3v) is 0.866. The summed E-state index contributed by atoms with van der Waals surface area (Å²) in [5.74, 6) is -0.0889. The summed E-state index contributed by atoms with van der Waals surface area (Å²) in [6.07, 6.45) is 2.88. The van der Waals surface area contributed by atoms with Crippen LogP contribution < -0.4 is 0 Å². The summed E-state index contributed by atoms with van der Waals surface area (Å²) in [6, 6.07) is 2.77. The lowest BCUT2D eigenvalue weighted by Crippen LogP contribution is -1.80. The van der Waals surface area contributed by atoms with Gasteiger partial charge in [0.05, 0.1) is 0 Å². The minimum Gasteiger partial charge on any atom is -0.493 e. The van der Waals surface area contributed by atoms with Crippen LogP contribution in [0.5, 0.6) is 5.88 Å². The second kappa shape index (κ2) is 2.26. The molecule has 1 rings (SSSR count). The maximum atomic E-state index is 9.87. The standard InChI is InChI=1S/C6H4NO2/c8-4-5-1-2-6(9)7-3-5/h1-3H,(H,7,9). The topological polar surface area (TPSA) is 50.2 Å². The highest BCUT2D eigenvalue weighted by molar-refractivity contribution is 5.74. The third kappa shape index (κ3) is 1.25. The molecule has 1 aromatic heterocycles. The van der Waals surface area contributed by atoms with Crippen molar-refractivity contribution < 1.29 is 9.90 Å². The van der Waals surface area contributed by atoms with Gasteiger partial charge in [0, 0.05) is 17.8 Å². The van der Waals surface area contributed by atoms with Gasteiger partial charge in [-0.05, 0) is 6.07 Å². The Kier molecular flexibility index (Phi) is 1.44. The summed E-state index contributed by atoms with van der Waals surface area (Å²) in [5, 5.41) is 8.61. The average Bonchev–Trinajstić information content (AvgIpc) is 1.90. The van der Waals surface area contributed by atoms with Gasteiger partial charge in [-0.25, -0.2) is 4.98 Å². The Morgan fingerprint density at radius 3 is 2.78 bits per heavy atom. The number of hydrogen-bond acceptors (Lipinski definition) is 3. The minimum absolute atomic E-state index is 0.0889. The maximum Gasteiger partial charge on any atom is 0.235 e. The van der Waals surface area contributed by atoms with E-state index in [2.05, 4.69) is 4.98 Å². The van der Waals surface area contributed by atoms with Crippen molar-refractivity contribution in [2.24, 2.45) is 0 Å². The fraction of sp³-hybridized carbons (Fsp3) is 0. The van der Waals surface area contributed by atoms with Crippen LogP contribution in [0.4, 0.5) is 0 Å². The van der Waals surface area contributed by atoms with Crippen LogP contribution in [0, 0.1) is 0 Å². The zero-order valence-electron chi connectivity index (χ0n) is 4.53. The predicted octanol–water partition coefficient (Wildman–Crippen LogP) is 0.245. The molecule has 45 valence electrons. The first-order valence-corrected chi connectivity index (χ1v) is 2.36. The Morgan fingerprint density at radius 2 is 2.33 bits per heavy atom. The molecule has 0 amide bonds. The van der Waals surface area contributed by atoms with Crippen LogP contribution in [0.1, 0.15) is 5.56 Å². The first-order chi connectivity index (χ1) is 4.33. The van der Waals surface area contributed by atoms with Crippen molar-refractivity contribution in [2.75, 3.05) is 0 Å². The fourth-order valence-corrected chi connectivity index (χ4v) is 0.446. The Balaban J connectivity index is 3.01. The molecule has 0 unspecified atom stereocenters. The second-order valence-corrected chi connectivity index (χ2v) is 1.51. The summed E-state index contributed by atoms with van der Waals surface area (Å²) in [6.45, 7) is 0. The van der Waals surface area contributed by atoms with Gasteiger partial charge in [-0.15, -0.1) is 0 Å². The zero-order chi connectivity index (χ0) is 6.69. The van der Waals surface area contributed by atoms with E-state index in [4.69, 9.17) is 5.11 Å². The van der Waals surface area contributed by atoms with Gasteiger partial charge >= 0.3 is 0 Å². The summed E-state index contributed by atoms with van der Waals surface area (Å²) < 4.78 is 0. The first-order valence-electron chi connectivity index (χ1n) is 2.36. The van der Waals surface area contributed by atoms with Crippen molar-refractivity contribution in [1.82, 2.24) is 4.98 Å². The molecule has 1 aromatic rings. The van der Waals surface area contributed by atoms with Gasteiger partial charge in [0.2, 0.25) is 12.2 Å². The molecule has 0 aliphatic carbocycles. The van der Waals surface area contributed by atoms with Crippen LogP contribution in [-0.2, 0) is 4.79 Å². The van der Waals surface area contributed by atoms with E-state index in [1.165, 1.54) is 18.3 Å². The second-order valence-electron chi connectivity index (χ2n) is 1.51. The molecule has 1 radical (unpaired) electrons. The monoisotopic (exact) mass is 122 g/mol. The number of hydrogen-bond donors (Lipinski definition) is 1. The molecule has 0 spiro atoms. The largest absolute Gasteiger partial charge is 0.493 e. The van der Waals surface area contributed by atoms with Crippen LogP contribution >= 0.6 is 0 Å². The molecule has 0 bridgehead atoms. The van der Waals surface area contributed by atoms with Gasteiger partial charge in [0.25, 0.3) is 0 Å². The van der Waals surface area contributed by atoms with E-state index in [1.54, 1.807) is 6.29 Å². The van der Waals surface area contributed by atoms with E-state index < -0.39 is 0 Å². The molecule has 3 heteroatoms. The fourth-order valence-electron chi connectivity index (χ4n) is 0.446. The minimum atomic E-state index is -0.0889. The molecule has 0 aromatic carbocycles. The van der Waals surface area contributed by atoms with Crippen molar-refractivity contribution >= 4 is 6.29 Å². The molecule has 1 N–H and O–H groups in total. The van der Waals surface area contributed by atoms with Crippen LogP contribution in [0.2, 0.25) is 0 Å². The number of rotatable bonds is 1. The molecule has 0 aliphatic heterocycles. The van der Waals surface area contributed by atoms with E-state index in [1.807, 2.05) is 0 Å². The van der Waals surface area contributed by atoms with Crippen molar-refractivity contribution in [3.8, 4) is 5.88 Å². The number of carbonyl (C=O) groups excluding carboxylic acids is 1. The van der Waals surface area contributed by atoms with E-state index in [-0.39, 0.29) is 5.88 Å². The van der Waals surface area contributed by atoms with Crippen molar-refractivity contribution in [3.05, 3.63) is 23.9 Å². The lowest BCUT2D eigenvalue weighted by Gasteiger charge is -1.86. The molecule has 0 aliphatic rings. The molecule has 3 nitrogen and oxygen atoms in total. The zero-order valence-corrected chi connectivity index (χ0v) is 4.53. The summed E-state index contributed by atoms with van der Waals surface area (Å²) >= 11 is 0. The lowest BCUT2D eigenvalue weighted by atomic mass is 10.3. The molecular weight excluding hydrogens is 118 g/mol. The Bertz CT molecular complexity index is 205. The summed E-state index contributed by atoms with van der Waals surface area (Å²) in [7, 11) is 0. The average molecular weight is 122 g/mol. The Hall–Kier alpha value is -1.38. The highest BCUT2D eigenvalue weighted by Gasteiger charge is 1.89. The van der Waals surface area contributed by atoms with Gasteiger partial charge in [0.1, 0.15) is 0 Å².